The lowest BCUT2D eigenvalue weighted by molar-refractivity contribution is -0.128. The third-order valence-electron chi connectivity index (χ3n) is 7.06. The molecule has 1 aliphatic heterocycles. The van der Waals surface area contributed by atoms with Crippen molar-refractivity contribution in [1.82, 2.24) is 10.6 Å². The highest BCUT2D eigenvalue weighted by molar-refractivity contribution is 9.10. The van der Waals surface area contributed by atoms with Crippen LogP contribution in [0.15, 0.2) is 53.0 Å². The van der Waals surface area contributed by atoms with Crippen LogP contribution < -0.4 is 25.2 Å². The molecule has 2 N–H and O–H groups in total. The molecule has 0 aliphatic carbocycles. The van der Waals surface area contributed by atoms with Crippen LogP contribution in [-0.4, -0.2) is 70.9 Å². The van der Waals surface area contributed by atoms with E-state index in [1.165, 1.54) is 24.1 Å². The summed E-state index contributed by atoms with van der Waals surface area (Å²) in [7, 11) is -0.630. The summed E-state index contributed by atoms with van der Waals surface area (Å²) in [6.45, 7) is 1.26. The highest BCUT2D eigenvalue weighted by Crippen LogP contribution is 2.39. The fourth-order valence-electron chi connectivity index (χ4n) is 4.81. The van der Waals surface area contributed by atoms with E-state index in [-0.39, 0.29) is 30.0 Å². The maximum Gasteiger partial charge on any atom is 0.251 e. The van der Waals surface area contributed by atoms with Gasteiger partial charge in [-0.25, -0.2) is 8.42 Å². The Kier molecular flexibility index (Phi) is 9.20. The van der Waals surface area contributed by atoms with Crippen molar-refractivity contribution < 1.29 is 27.5 Å². The number of nitrogens with zero attached hydrogens (tertiary/aromatic N) is 3. The molecule has 3 aromatic carbocycles. The Bertz CT molecular complexity index is 1720. The molecule has 0 aromatic heterocycles. The molecule has 11 nitrogen and oxygen atoms in total. The number of amides is 3. The van der Waals surface area contributed by atoms with Crippen LogP contribution in [0.4, 0.5) is 11.4 Å². The van der Waals surface area contributed by atoms with Crippen molar-refractivity contribution in [3.8, 4) is 11.8 Å². The molecular formula is C29H30BrN5O6S. The lowest BCUT2D eigenvalue weighted by Gasteiger charge is -2.27. The summed E-state index contributed by atoms with van der Waals surface area (Å²) in [5, 5.41) is 16.9. The largest absolute Gasteiger partial charge is 0.496 e. The fraction of sp³-hybridized carbons (Fsp3) is 0.310. The molecule has 3 aromatic rings. The van der Waals surface area contributed by atoms with Gasteiger partial charge in [0.15, 0.2) is 9.84 Å². The summed E-state index contributed by atoms with van der Waals surface area (Å²) >= 11 is 3.57. The molecule has 42 heavy (non-hydrogen) atoms. The third-order valence-corrected chi connectivity index (χ3v) is 8.52. The Morgan fingerprint density at radius 2 is 1.90 bits per heavy atom. The van der Waals surface area contributed by atoms with E-state index in [9.17, 15) is 28.1 Å². The number of hydrogen-bond donors (Lipinski definition) is 2. The number of halogens is 1. The average molecular weight is 657 g/mol. The van der Waals surface area contributed by atoms with E-state index in [1.807, 2.05) is 30.3 Å². The number of carbonyl (C=O) groups is 3. The lowest BCUT2D eigenvalue weighted by Crippen LogP contribution is -2.56. The average Bonchev–Trinajstić information content (AvgIpc) is 3.06. The topological polar surface area (TPSA) is 149 Å². The zero-order valence-corrected chi connectivity index (χ0v) is 25.9. The minimum absolute atomic E-state index is 0.0171. The first-order valence-corrected chi connectivity index (χ1v) is 15.8. The maximum absolute atomic E-state index is 14.3. The van der Waals surface area contributed by atoms with E-state index >= 15 is 0 Å². The Morgan fingerprint density at radius 1 is 1.17 bits per heavy atom. The van der Waals surface area contributed by atoms with Crippen molar-refractivity contribution in [1.29, 1.82) is 5.26 Å². The molecule has 220 valence electrons. The van der Waals surface area contributed by atoms with Crippen LogP contribution in [-0.2, 0) is 30.8 Å². The molecule has 0 bridgehead atoms. The minimum atomic E-state index is -3.75. The molecule has 2 atom stereocenters. The zero-order chi connectivity index (χ0) is 30.8. The van der Waals surface area contributed by atoms with Gasteiger partial charge in [0.25, 0.3) is 5.91 Å². The number of benzene rings is 3. The van der Waals surface area contributed by atoms with Gasteiger partial charge in [-0.3, -0.25) is 14.4 Å². The van der Waals surface area contributed by atoms with Crippen LogP contribution in [0, 0.1) is 11.3 Å². The second kappa shape index (κ2) is 12.5. The summed E-state index contributed by atoms with van der Waals surface area (Å²) in [4.78, 5) is 43.2. The standard InChI is InChI=1S/C29H30BrN5O6S/c1-17(32-2)28(37)33-23-15-34(27(36)16-42(4,39)40)25-12-18(13-31)8-10-24(25)35(29(23)38)14-21-19-6-5-7-22(30)20(19)9-11-26(21)41-3/h5-12,17,23,32H,14-16H2,1-4H3,(H,33,37)/t17-,23-/m0/s1. The first-order valence-electron chi connectivity index (χ1n) is 12.9. The first kappa shape index (κ1) is 31.0. The van der Waals surface area contributed by atoms with E-state index in [0.29, 0.717) is 11.3 Å². The summed E-state index contributed by atoms with van der Waals surface area (Å²) in [6.07, 6.45) is 0.936. The van der Waals surface area contributed by atoms with Crippen LogP contribution in [0.1, 0.15) is 18.1 Å². The van der Waals surface area contributed by atoms with E-state index in [4.69, 9.17) is 4.74 Å². The molecule has 13 heteroatoms. The van der Waals surface area contributed by atoms with Crippen molar-refractivity contribution >= 4 is 65.6 Å². The van der Waals surface area contributed by atoms with Gasteiger partial charge >= 0.3 is 0 Å². The number of nitrogens with one attached hydrogen (secondary N) is 2. The predicted molar refractivity (Wildman–Crippen MR) is 163 cm³/mol. The van der Waals surface area contributed by atoms with Gasteiger partial charge in [0.1, 0.15) is 17.5 Å². The second-order valence-corrected chi connectivity index (χ2v) is 13.0. The van der Waals surface area contributed by atoms with Gasteiger partial charge < -0.3 is 25.2 Å². The molecular weight excluding hydrogens is 626 g/mol. The predicted octanol–water partition coefficient (Wildman–Crippen LogP) is 2.50. The van der Waals surface area contributed by atoms with Gasteiger partial charge in [0.2, 0.25) is 11.8 Å². The molecule has 1 heterocycles. The second-order valence-electron chi connectivity index (χ2n) is 9.97. The summed E-state index contributed by atoms with van der Waals surface area (Å²) in [5.41, 5.74) is 1.32. The highest BCUT2D eigenvalue weighted by Gasteiger charge is 2.38. The molecule has 0 spiro atoms. The van der Waals surface area contributed by atoms with Crippen molar-refractivity contribution in [3.05, 3.63) is 64.1 Å². The van der Waals surface area contributed by atoms with E-state index in [2.05, 4.69) is 26.6 Å². The molecule has 0 radical (unpaired) electrons. The van der Waals surface area contributed by atoms with Gasteiger partial charge in [0.05, 0.1) is 49.2 Å². The summed E-state index contributed by atoms with van der Waals surface area (Å²) in [6, 6.07) is 14.0. The summed E-state index contributed by atoms with van der Waals surface area (Å²) < 4.78 is 30.7. The van der Waals surface area contributed by atoms with Gasteiger partial charge in [-0.05, 0) is 61.1 Å². The number of methoxy groups -OCH3 is 1. The lowest BCUT2D eigenvalue weighted by atomic mass is 10.0. The van der Waals surface area contributed by atoms with Gasteiger partial charge in [0, 0.05) is 16.3 Å². The van der Waals surface area contributed by atoms with E-state index in [0.717, 1.165) is 26.4 Å². The monoisotopic (exact) mass is 655 g/mol. The van der Waals surface area contributed by atoms with Crippen LogP contribution >= 0.6 is 15.9 Å². The Morgan fingerprint density at radius 3 is 2.55 bits per heavy atom. The number of nitriles is 1. The van der Waals surface area contributed by atoms with Crippen molar-refractivity contribution in [2.75, 3.05) is 42.5 Å². The minimum Gasteiger partial charge on any atom is -0.496 e. The van der Waals surface area contributed by atoms with Crippen molar-refractivity contribution in [2.24, 2.45) is 0 Å². The van der Waals surface area contributed by atoms with Crippen LogP contribution in [0.3, 0.4) is 0 Å². The zero-order valence-electron chi connectivity index (χ0n) is 23.5. The number of likely N-dealkylation sites (N-methyl/N-ethyl adjacent to an activating group) is 1. The van der Waals surface area contributed by atoms with Crippen LogP contribution in [0.25, 0.3) is 10.8 Å². The number of fused-ring (bicyclic) bond motifs is 2. The van der Waals surface area contributed by atoms with E-state index < -0.39 is 45.4 Å². The number of rotatable bonds is 8. The van der Waals surface area contributed by atoms with Crippen LogP contribution in [0.5, 0.6) is 5.75 Å². The van der Waals surface area contributed by atoms with Crippen molar-refractivity contribution in [3.63, 3.8) is 0 Å². The normalized spacial score (nSPS) is 15.9. The molecule has 0 fully saturated rings. The van der Waals surface area contributed by atoms with E-state index in [1.54, 1.807) is 26.1 Å². The number of sulfone groups is 1. The van der Waals surface area contributed by atoms with Gasteiger partial charge in [-0.15, -0.1) is 0 Å². The fourth-order valence-corrected chi connectivity index (χ4v) is 5.92. The first-order chi connectivity index (χ1) is 19.9. The number of carbonyl (C=O) groups excluding carboxylic acids is 3. The molecule has 4 rings (SSSR count). The van der Waals surface area contributed by atoms with Crippen LogP contribution in [0.2, 0.25) is 0 Å². The SMILES string of the molecule is CN[C@@H](C)C(=O)N[C@H]1CN(C(=O)CS(C)(=O)=O)c2cc(C#N)ccc2N(Cc2c(OC)ccc3c(Br)cccc23)C1=O. The quantitative estimate of drug-likeness (QED) is 0.376. The molecule has 0 saturated carbocycles. The molecule has 0 saturated heterocycles. The Balaban J connectivity index is 1.94. The number of hydrogen-bond acceptors (Lipinski definition) is 8. The molecule has 1 aliphatic rings. The smallest absolute Gasteiger partial charge is 0.251 e. The van der Waals surface area contributed by atoms with Gasteiger partial charge in [-0.2, -0.15) is 5.26 Å². The number of anilines is 2. The maximum atomic E-state index is 14.3. The molecule has 0 unspecified atom stereocenters. The third kappa shape index (κ3) is 6.41. The summed E-state index contributed by atoms with van der Waals surface area (Å²) in [5.74, 6) is -2.11. The highest BCUT2D eigenvalue weighted by atomic mass is 79.9. The Hall–Kier alpha value is -3.99. The molecule has 3 amide bonds. The number of ether oxygens (including phenoxy) is 1. The van der Waals surface area contributed by atoms with Gasteiger partial charge in [-0.1, -0.05) is 28.1 Å². The Labute approximate surface area is 252 Å². The van der Waals surface area contributed by atoms with Crippen molar-refractivity contribution in [2.45, 2.75) is 25.6 Å².